The van der Waals surface area contributed by atoms with Crippen LogP contribution in [0.4, 0.5) is 0 Å². The molecule has 4 N–H and O–H groups in total. The zero-order valence-corrected chi connectivity index (χ0v) is 12.8. The van der Waals surface area contributed by atoms with Gasteiger partial charge in [-0.3, -0.25) is 9.78 Å². The van der Waals surface area contributed by atoms with Crippen molar-refractivity contribution in [3.05, 3.63) is 64.6 Å². The molecule has 7 heteroatoms. The minimum atomic E-state index is -0.534. The fraction of sp³-hybridized carbons (Fsp3) is 0.176. The standard InChI is InChI=1S/C17H17N3O4/c21-15(9-14-16(22)20-17(23)19-14)18-7-5-11-1-3-12(4-2-11)13-6-8-24-10-13/h1-4,6,8,10,22H,5,7,9H2,(H,18,21)(H2,19,20,23). The Morgan fingerprint density at radius 2 is 1.92 bits per heavy atom. The molecule has 124 valence electrons. The Morgan fingerprint density at radius 1 is 1.12 bits per heavy atom. The van der Waals surface area contributed by atoms with Crippen LogP contribution in [0, 0.1) is 0 Å². The predicted molar refractivity (Wildman–Crippen MR) is 87.6 cm³/mol. The van der Waals surface area contributed by atoms with Gasteiger partial charge in [0.05, 0.1) is 24.6 Å². The summed E-state index contributed by atoms with van der Waals surface area (Å²) in [4.78, 5) is 27.3. The topological polar surface area (TPSA) is 111 Å². The molecule has 0 aliphatic heterocycles. The van der Waals surface area contributed by atoms with Crippen molar-refractivity contribution >= 4 is 5.91 Å². The Balaban J connectivity index is 1.48. The van der Waals surface area contributed by atoms with Crippen LogP contribution in [-0.4, -0.2) is 27.5 Å². The van der Waals surface area contributed by atoms with Gasteiger partial charge in [0, 0.05) is 12.1 Å². The van der Waals surface area contributed by atoms with Gasteiger partial charge in [-0.15, -0.1) is 0 Å². The van der Waals surface area contributed by atoms with Gasteiger partial charge in [0.1, 0.15) is 0 Å². The van der Waals surface area contributed by atoms with Crippen LogP contribution in [0.15, 0.2) is 52.1 Å². The van der Waals surface area contributed by atoms with Crippen molar-refractivity contribution in [2.45, 2.75) is 12.8 Å². The van der Waals surface area contributed by atoms with Crippen molar-refractivity contribution < 1.29 is 14.3 Å². The minimum absolute atomic E-state index is 0.0794. The van der Waals surface area contributed by atoms with Gasteiger partial charge in [-0.1, -0.05) is 24.3 Å². The number of hydrogen-bond donors (Lipinski definition) is 4. The van der Waals surface area contributed by atoms with E-state index < -0.39 is 5.69 Å². The average molecular weight is 327 g/mol. The van der Waals surface area contributed by atoms with E-state index in [1.165, 1.54) is 0 Å². The molecule has 1 amide bonds. The van der Waals surface area contributed by atoms with Crippen LogP contribution in [0.2, 0.25) is 0 Å². The van der Waals surface area contributed by atoms with Crippen LogP contribution in [0.1, 0.15) is 11.3 Å². The molecule has 2 aromatic heterocycles. The molecule has 0 radical (unpaired) electrons. The normalized spacial score (nSPS) is 10.7. The van der Waals surface area contributed by atoms with Crippen LogP contribution < -0.4 is 11.0 Å². The number of carbonyl (C=O) groups is 1. The third-order valence-electron chi connectivity index (χ3n) is 3.66. The van der Waals surface area contributed by atoms with E-state index in [1.807, 2.05) is 30.3 Å². The molecule has 7 nitrogen and oxygen atoms in total. The molecule has 24 heavy (non-hydrogen) atoms. The van der Waals surface area contributed by atoms with Crippen molar-refractivity contribution in [1.82, 2.24) is 15.3 Å². The Hall–Kier alpha value is -3.22. The van der Waals surface area contributed by atoms with Gasteiger partial charge in [0.15, 0.2) is 0 Å². The molecule has 0 bridgehead atoms. The number of furan rings is 1. The van der Waals surface area contributed by atoms with E-state index in [1.54, 1.807) is 12.5 Å². The molecule has 0 saturated heterocycles. The monoisotopic (exact) mass is 327 g/mol. The number of imidazole rings is 1. The molecule has 0 aliphatic carbocycles. The van der Waals surface area contributed by atoms with Crippen LogP contribution in [0.5, 0.6) is 5.88 Å². The Bertz CT molecular complexity index is 860. The number of hydrogen-bond acceptors (Lipinski definition) is 4. The molecular weight excluding hydrogens is 310 g/mol. The van der Waals surface area contributed by atoms with Crippen molar-refractivity contribution in [3.63, 3.8) is 0 Å². The lowest BCUT2D eigenvalue weighted by molar-refractivity contribution is -0.120. The van der Waals surface area contributed by atoms with Crippen molar-refractivity contribution in [3.8, 4) is 17.0 Å². The zero-order chi connectivity index (χ0) is 16.9. The van der Waals surface area contributed by atoms with E-state index in [2.05, 4.69) is 15.3 Å². The summed E-state index contributed by atoms with van der Waals surface area (Å²) in [5, 5.41) is 12.2. The van der Waals surface area contributed by atoms with Gasteiger partial charge in [-0.05, 0) is 23.6 Å². The number of amides is 1. The Morgan fingerprint density at radius 3 is 2.54 bits per heavy atom. The highest BCUT2D eigenvalue weighted by Crippen LogP contribution is 2.20. The van der Waals surface area contributed by atoms with Gasteiger partial charge < -0.3 is 19.8 Å². The summed E-state index contributed by atoms with van der Waals surface area (Å²) in [6, 6.07) is 9.92. The predicted octanol–water partition coefficient (Wildman–Crippen LogP) is 1.57. The number of aromatic nitrogens is 2. The maximum Gasteiger partial charge on any atom is 0.325 e. The fourth-order valence-corrected chi connectivity index (χ4v) is 2.40. The van der Waals surface area contributed by atoms with E-state index >= 15 is 0 Å². The first kappa shape index (κ1) is 15.7. The van der Waals surface area contributed by atoms with E-state index in [9.17, 15) is 14.7 Å². The van der Waals surface area contributed by atoms with Crippen molar-refractivity contribution in [2.24, 2.45) is 0 Å². The maximum absolute atomic E-state index is 11.8. The quantitative estimate of drug-likeness (QED) is 0.550. The summed E-state index contributed by atoms with van der Waals surface area (Å²) in [5.74, 6) is -0.569. The first-order valence-electron chi connectivity index (χ1n) is 7.50. The fourth-order valence-electron chi connectivity index (χ4n) is 2.40. The second-order valence-corrected chi connectivity index (χ2v) is 5.39. The molecule has 0 spiro atoms. The number of rotatable bonds is 6. The van der Waals surface area contributed by atoms with Crippen LogP contribution >= 0.6 is 0 Å². The molecule has 0 aliphatic rings. The van der Waals surface area contributed by atoms with Gasteiger partial charge in [0.25, 0.3) is 0 Å². The molecule has 1 aromatic carbocycles. The minimum Gasteiger partial charge on any atom is -0.493 e. The van der Waals surface area contributed by atoms with Gasteiger partial charge in [-0.25, -0.2) is 4.79 Å². The van der Waals surface area contributed by atoms with E-state index in [4.69, 9.17) is 4.42 Å². The number of carbonyl (C=O) groups excluding carboxylic acids is 1. The maximum atomic E-state index is 11.8. The molecule has 0 atom stereocenters. The Labute approximate surface area is 137 Å². The van der Waals surface area contributed by atoms with Gasteiger partial charge in [0.2, 0.25) is 11.8 Å². The molecule has 0 unspecified atom stereocenters. The van der Waals surface area contributed by atoms with E-state index in [0.717, 1.165) is 16.7 Å². The number of H-pyrrole nitrogens is 2. The first-order chi connectivity index (χ1) is 11.6. The smallest absolute Gasteiger partial charge is 0.325 e. The van der Waals surface area contributed by atoms with E-state index in [0.29, 0.717) is 13.0 Å². The van der Waals surface area contributed by atoms with Gasteiger partial charge in [-0.2, -0.15) is 0 Å². The van der Waals surface area contributed by atoms with E-state index in [-0.39, 0.29) is 23.9 Å². The molecule has 0 saturated carbocycles. The van der Waals surface area contributed by atoms with Crippen LogP contribution in [0.25, 0.3) is 11.1 Å². The summed E-state index contributed by atoms with van der Waals surface area (Å²) >= 11 is 0. The summed E-state index contributed by atoms with van der Waals surface area (Å²) in [6.45, 7) is 0.472. The second kappa shape index (κ2) is 6.91. The van der Waals surface area contributed by atoms with Crippen molar-refractivity contribution in [2.75, 3.05) is 6.54 Å². The lowest BCUT2D eigenvalue weighted by Gasteiger charge is -2.06. The molecule has 0 fully saturated rings. The lowest BCUT2D eigenvalue weighted by Crippen LogP contribution is -2.27. The van der Waals surface area contributed by atoms with Crippen LogP contribution in [-0.2, 0) is 17.6 Å². The summed E-state index contributed by atoms with van der Waals surface area (Å²) in [7, 11) is 0. The number of aromatic hydroxyl groups is 1. The third-order valence-corrected chi connectivity index (χ3v) is 3.66. The number of aromatic amines is 2. The largest absolute Gasteiger partial charge is 0.493 e. The average Bonchev–Trinajstić information content (AvgIpc) is 3.18. The Kier molecular flexibility index (Phi) is 4.51. The molecule has 2 heterocycles. The van der Waals surface area contributed by atoms with Crippen molar-refractivity contribution in [1.29, 1.82) is 0 Å². The molecule has 3 rings (SSSR count). The highest BCUT2D eigenvalue weighted by molar-refractivity contribution is 5.78. The highest BCUT2D eigenvalue weighted by Gasteiger charge is 2.10. The highest BCUT2D eigenvalue weighted by atomic mass is 16.3. The number of nitrogens with one attached hydrogen (secondary N) is 3. The zero-order valence-electron chi connectivity index (χ0n) is 12.8. The summed E-state index contributed by atoms with van der Waals surface area (Å²) < 4.78 is 5.06. The summed E-state index contributed by atoms with van der Waals surface area (Å²) in [6.07, 6.45) is 3.93. The first-order valence-corrected chi connectivity index (χ1v) is 7.50. The summed E-state index contributed by atoms with van der Waals surface area (Å²) in [5.41, 5.74) is 2.84. The number of benzene rings is 1. The SMILES string of the molecule is O=C(Cc1[nH]c(=O)[nH]c1O)NCCc1ccc(-c2ccoc2)cc1. The lowest BCUT2D eigenvalue weighted by atomic mass is 10.1. The van der Waals surface area contributed by atoms with Crippen LogP contribution in [0.3, 0.4) is 0 Å². The second-order valence-electron chi connectivity index (χ2n) is 5.39. The third kappa shape index (κ3) is 3.75. The van der Waals surface area contributed by atoms with Gasteiger partial charge >= 0.3 is 5.69 Å². The molecular formula is C17H17N3O4. The molecule has 3 aromatic rings.